The molecule has 1 aliphatic heterocycles. The van der Waals surface area contributed by atoms with E-state index in [0.29, 0.717) is 0 Å². The van der Waals surface area contributed by atoms with Crippen LogP contribution in [0.15, 0.2) is 22.9 Å². The van der Waals surface area contributed by atoms with Gasteiger partial charge in [0, 0.05) is 23.4 Å². The van der Waals surface area contributed by atoms with Crippen LogP contribution in [0.1, 0.15) is 18.4 Å². The molecule has 88 valence electrons. The SMILES string of the molecule is NCC1CCN(Cc2cncc(Br)c2)CC1. The van der Waals surface area contributed by atoms with Gasteiger partial charge in [0.05, 0.1) is 0 Å². The van der Waals surface area contributed by atoms with E-state index in [1.807, 2.05) is 12.4 Å². The molecular formula is C12H18BrN3. The molecule has 2 heterocycles. The Labute approximate surface area is 105 Å². The first-order chi connectivity index (χ1) is 7.78. The minimum atomic E-state index is 0.733. The molecule has 1 aromatic rings. The smallest absolute Gasteiger partial charge is 0.0410 e. The van der Waals surface area contributed by atoms with Gasteiger partial charge in [-0.05, 0) is 66.0 Å². The lowest BCUT2D eigenvalue weighted by atomic mass is 9.97. The maximum Gasteiger partial charge on any atom is 0.0410 e. The Hall–Kier alpha value is -0.450. The van der Waals surface area contributed by atoms with E-state index in [1.54, 1.807) is 0 Å². The van der Waals surface area contributed by atoms with E-state index >= 15 is 0 Å². The fourth-order valence-electron chi connectivity index (χ4n) is 2.18. The van der Waals surface area contributed by atoms with Crippen molar-refractivity contribution in [2.24, 2.45) is 11.7 Å². The van der Waals surface area contributed by atoms with Gasteiger partial charge < -0.3 is 5.73 Å². The molecule has 16 heavy (non-hydrogen) atoms. The Morgan fingerprint density at radius 3 is 2.75 bits per heavy atom. The summed E-state index contributed by atoms with van der Waals surface area (Å²) < 4.78 is 1.06. The minimum Gasteiger partial charge on any atom is -0.330 e. The standard InChI is InChI=1S/C12H18BrN3/c13-12-5-11(7-15-8-12)9-16-3-1-10(6-14)2-4-16/h5,7-8,10H,1-4,6,9,14H2. The van der Waals surface area contributed by atoms with E-state index < -0.39 is 0 Å². The first kappa shape index (κ1) is 12.0. The molecule has 0 radical (unpaired) electrons. The van der Waals surface area contributed by atoms with Crippen molar-refractivity contribution in [3.8, 4) is 0 Å². The Morgan fingerprint density at radius 1 is 1.38 bits per heavy atom. The van der Waals surface area contributed by atoms with Gasteiger partial charge in [-0.25, -0.2) is 0 Å². The largest absolute Gasteiger partial charge is 0.330 e. The van der Waals surface area contributed by atoms with Gasteiger partial charge in [0.25, 0.3) is 0 Å². The van der Waals surface area contributed by atoms with Crippen molar-refractivity contribution < 1.29 is 0 Å². The van der Waals surface area contributed by atoms with Gasteiger partial charge in [-0.15, -0.1) is 0 Å². The van der Waals surface area contributed by atoms with Crippen LogP contribution >= 0.6 is 15.9 Å². The second-order valence-electron chi connectivity index (χ2n) is 4.47. The quantitative estimate of drug-likeness (QED) is 0.923. The van der Waals surface area contributed by atoms with E-state index in [9.17, 15) is 0 Å². The topological polar surface area (TPSA) is 42.1 Å². The van der Waals surface area contributed by atoms with Crippen LogP contribution in [0, 0.1) is 5.92 Å². The maximum atomic E-state index is 5.69. The first-order valence-corrected chi connectivity index (χ1v) is 6.59. The average molecular weight is 284 g/mol. The van der Waals surface area contributed by atoms with Crippen molar-refractivity contribution in [1.29, 1.82) is 0 Å². The predicted octanol–water partition coefficient (Wildman–Crippen LogP) is 2.01. The van der Waals surface area contributed by atoms with Crippen LogP contribution in [0.4, 0.5) is 0 Å². The van der Waals surface area contributed by atoms with Crippen LogP contribution in [-0.2, 0) is 6.54 Å². The van der Waals surface area contributed by atoms with Crippen LogP contribution in [0.2, 0.25) is 0 Å². The summed E-state index contributed by atoms with van der Waals surface area (Å²) >= 11 is 3.45. The zero-order chi connectivity index (χ0) is 11.4. The maximum absolute atomic E-state index is 5.69. The summed E-state index contributed by atoms with van der Waals surface area (Å²) in [5.41, 5.74) is 6.96. The molecule has 0 saturated carbocycles. The van der Waals surface area contributed by atoms with Crippen LogP contribution in [-0.4, -0.2) is 29.5 Å². The molecule has 2 N–H and O–H groups in total. The molecule has 0 unspecified atom stereocenters. The number of nitrogens with zero attached hydrogens (tertiary/aromatic N) is 2. The molecule has 2 rings (SSSR count). The zero-order valence-electron chi connectivity index (χ0n) is 9.40. The summed E-state index contributed by atoms with van der Waals surface area (Å²) in [7, 11) is 0. The number of halogens is 1. The van der Waals surface area contributed by atoms with Gasteiger partial charge >= 0.3 is 0 Å². The number of aromatic nitrogens is 1. The van der Waals surface area contributed by atoms with Gasteiger partial charge in [0.1, 0.15) is 0 Å². The van der Waals surface area contributed by atoms with Crippen molar-refractivity contribution in [2.45, 2.75) is 19.4 Å². The number of rotatable bonds is 3. The van der Waals surface area contributed by atoms with Crippen LogP contribution in [0.3, 0.4) is 0 Å². The van der Waals surface area contributed by atoms with Gasteiger partial charge in [0.15, 0.2) is 0 Å². The molecule has 1 aromatic heterocycles. The molecule has 0 amide bonds. The Bertz CT molecular complexity index is 335. The molecule has 1 saturated heterocycles. The fourth-order valence-corrected chi connectivity index (χ4v) is 2.59. The number of hydrogen-bond donors (Lipinski definition) is 1. The molecule has 1 aliphatic rings. The van der Waals surface area contributed by atoms with Crippen molar-refractivity contribution in [3.05, 3.63) is 28.5 Å². The second kappa shape index (κ2) is 5.75. The monoisotopic (exact) mass is 283 g/mol. The zero-order valence-corrected chi connectivity index (χ0v) is 11.0. The highest BCUT2D eigenvalue weighted by molar-refractivity contribution is 9.10. The lowest BCUT2D eigenvalue weighted by Crippen LogP contribution is -2.35. The van der Waals surface area contributed by atoms with E-state index in [4.69, 9.17) is 5.73 Å². The van der Waals surface area contributed by atoms with E-state index in [2.05, 4.69) is 31.9 Å². The molecule has 0 aromatic carbocycles. The fraction of sp³-hybridized carbons (Fsp3) is 0.583. The van der Waals surface area contributed by atoms with Crippen molar-refractivity contribution >= 4 is 15.9 Å². The van der Waals surface area contributed by atoms with Gasteiger partial charge in [-0.3, -0.25) is 9.88 Å². The van der Waals surface area contributed by atoms with Crippen molar-refractivity contribution in [2.75, 3.05) is 19.6 Å². The summed E-state index contributed by atoms with van der Waals surface area (Å²) in [4.78, 5) is 6.67. The third kappa shape index (κ3) is 3.27. The van der Waals surface area contributed by atoms with Crippen molar-refractivity contribution in [3.63, 3.8) is 0 Å². The lowest BCUT2D eigenvalue weighted by molar-refractivity contribution is 0.180. The molecule has 0 bridgehead atoms. The number of nitrogens with two attached hydrogens (primary N) is 1. The Kier molecular flexibility index (Phi) is 4.32. The van der Waals surface area contributed by atoms with E-state index in [1.165, 1.54) is 18.4 Å². The molecule has 0 aliphatic carbocycles. The van der Waals surface area contributed by atoms with Gasteiger partial charge in [-0.2, -0.15) is 0 Å². The Balaban J connectivity index is 1.87. The normalized spacial score (nSPS) is 18.9. The molecule has 1 fully saturated rings. The number of hydrogen-bond acceptors (Lipinski definition) is 3. The highest BCUT2D eigenvalue weighted by Gasteiger charge is 2.17. The van der Waals surface area contributed by atoms with Crippen LogP contribution < -0.4 is 5.73 Å². The highest BCUT2D eigenvalue weighted by atomic mass is 79.9. The van der Waals surface area contributed by atoms with E-state index in [-0.39, 0.29) is 0 Å². The Morgan fingerprint density at radius 2 is 2.12 bits per heavy atom. The molecule has 3 nitrogen and oxygen atoms in total. The molecular weight excluding hydrogens is 266 g/mol. The number of likely N-dealkylation sites (tertiary alicyclic amines) is 1. The molecule has 0 spiro atoms. The highest BCUT2D eigenvalue weighted by Crippen LogP contribution is 2.18. The summed E-state index contributed by atoms with van der Waals surface area (Å²) in [6.07, 6.45) is 6.24. The summed E-state index contributed by atoms with van der Waals surface area (Å²) in [5.74, 6) is 0.733. The van der Waals surface area contributed by atoms with Crippen molar-refractivity contribution in [1.82, 2.24) is 9.88 Å². The third-order valence-electron chi connectivity index (χ3n) is 3.21. The van der Waals surface area contributed by atoms with E-state index in [0.717, 1.165) is 36.6 Å². The minimum absolute atomic E-state index is 0.733. The van der Waals surface area contributed by atoms with Gasteiger partial charge in [0.2, 0.25) is 0 Å². The van der Waals surface area contributed by atoms with Gasteiger partial charge in [-0.1, -0.05) is 0 Å². The first-order valence-electron chi connectivity index (χ1n) is 5.80. The number of piperidine rings is 1. The lowest BCUT2D eigenvalue weighted by Gasteiger charge is -2.31. The van der Waals surface area contributed by atoms with Crippen LogP contribution in [0.25, 0.3) is 0 Å². The predicted molar refractivity (Wildman–Crippen MR) is 69.0 cm³/mol. The summed E-state index contributed by atoms with van der Waals surface area (Å²) in [6, 6.07) is 2.14. The third-order valence-corrected chi connectivity index (χ3v) is 3.64. The number of pyridine rings is 1. The molecule has 4 heteroatoms. The average Bonchev–Trinajstić information content (AvgIpc) is 2.30. The molecule has 0 atom stereocenters. The summed E-state index contributed by atoms with van der Waals surface area (Å²) in [5, 5.41) is 0. The van der Waals surface area contributed by atoms with Crippen LogP contribution in [0.5, 0.6) is 0 Å². The summed E-state index contributed by atoms with van der Waals surface area (Å²) in [6.45, 7) is 4.17. The second-order valence-corrected chi connectivity index (χ2v) is 5.38.